The van der Waals surface area contributed by atoms with Crippen LogP contribution in [0.3, 0.4) is 0 Å². The van der Waals surface area contributed by atoms with E-state index in [0.717, 1.165) is 0 Å². The molecule has 1 atom stereocenters. The first-order chi connectivity index (χ1) is 6.74. The van der Waals surface area contributed by atoms with Gasteiger partial charge >= 0.3 is 5.97 Å². The lowest BCUT2D eigenvalue weighted by atomic mass is 10.1. The van der Waals surface area contributed by atoms with E-state index >= 15 is 0 Å². The Balaban J connectivity index is 3.92. The Morgan fingerprint density at radius 2 is 1.93 bits per heavy atom. The molecule has 88 valence electrons. The fraction of sp³-hybridized carbons (Fsp3) is 0.800. The maximum atomic E-state index is 11.2. The van der Waals surface area contributed by atoms with Gasteiger partial charge in [-0.3, -0.25) is 9.59 Å². The van der Waals surface area contributed by atoms with Crippen LogP contribution in [-0.2, 0) is 14.3 Å². The molecular formula is C10H17ClO4. The molecule has 1 unspecified atom stereocenters. The van der Waals surface area contributed by atoms with E-state index in [1.54, 1.807) is 20.8 Å². The summed E-state index contributed by atoms with van der Waals surface area (Å²) < 4.78 is 4.95. The molecule has 0 saturated carbocycles. The van der Waals surface area contributed by atoms with E-state index in [0.29, 0.717) is 0 Å². The second kappa shape index (κ2) is 6.08. The molecule has 0 radical (unpaired) electrons. The SMILES string of the molecule is CC(C)(C)OC(=O)CC(=O)CC(O)CCl. The standard InChI is InChI=1S/C10H17ClO4/c1-10(2,3)15-9(14)5-7(12)4-8(13)6-11/h8,13H,4-6H2,1-3H3. The largest absolute Gasteiger partial charge is 0.460 e. The molecule has 0 aromatic heterocycles. The average Bonchev–Trinajstić information content (AvgIpc) is 1.99. The highest BCUT2D eigenvalue weighted by atomic mass is 35.5. The minimum Gasteiger partial charge on any atom is -0.460 e. The van der Waals surface area contributed by atoms with E-state index in [-0.39, 0.29) is 24.5 Å². The molecule has 0 aliphatic carbocycles. The number of rotatable bonds is 5. The molecule has 1 N–H and O–H groups in total. The number of carbonyl (C=O) groups is 2. The summed E-state index contributed by atoms with van der Waals surface area (Å²) in [5.41, 5.74) is -0.595. The predicted molar refractivity (Wildman–Crippen MR) is 56.8 cm³/mol. The Morgan fingerprint density at radius 1 is 1.40 bits per heavy atom. The van der Waals surface area contributed by atoms with Crippen LogP contribution in [0.4, 0.5) is 0 Å². The van der Waals surface area contributed by atoms with Gasteiger partial charge in [0.2, 0.25) is 0 Å². The molecule has 0 saturated heterocycles. The predicted octanol–water partition coefficient (Wildman–Crippen LogP) is 1.28. The fourth-order valence-electron chi connectivity index (χ4n) is 0.928. The van der Waals surface area contributed by atoms with Crippen LogP contribution in [0.15, 0.2) is 0 Å². The highest BCUT2D eigenvalue weighted by Crippen LogP contribution is 2.09. The third-order valence-electron chi connectivity index (χ3n) is 1.40. The summed E-state index contributed by atoms with van der Waals surface area (Å²) in [4.78, 5) is 22.4. The first kappa shape index (κ1) is 14.4. The lowest BCUT2D eigenvalue weighted by Crippen LogP contribution is -2.26. The Hall–Kier alpha value is -0.610. The Bertz CT molecular complexity index is 232. The minimum absolute atomic E-state index is 0.0138. The molecule has 0 aromatic rings. The average molecular weight is 237 g/mol. The Morgan fingerprint density at radius 3 is 2.33 bits per heavy atom. The van der Waals surface area contributed by atoms with Crippen LogP contribution in [0.1, 0.15) is 33.6 Å². The van der Waals surface area contributed by atoms with Crippen LogP contribution in [0.2, 0.25) is 0 Å². The zero-order valence-electron chi connectivity index (χ0n) is 9.25. The molecule has 0 bridgehead atoms. The van der Waals surface area contributed by atoms with Crippen molar-refractivity contribution in [3.8, 4) is 0 Å². The molecule has 0 aliphatic heterocycles. The van der Waals surface area contributed by atoms with E-state index in [1.165, 1.54) is 0 Å². The fourth-order valence-corrected chi connectivity index (χ4v) is 1.04. The lowest BCUT2D eigenvalue weighted by molar-refractivity contribution is -0.156. The Labute approximate surface area is 94.6 Å². The molecule has 0 aliphatic rings. The summed E-state index contributed by atoms with van der Waals surface area (Å²) >= 11 is 5.32. The van der Waals surface area contributed by atoms with Crippen LogP contribution < -0.4 is 0 Å². The summed E-state index contributed by atoms with van der Waals surface area (Å²) in [5.74, 6) is -0.952. The third kappa shape index (κ3) is 8.39. The number of aliphatic hydroxyl groups is 1. The summed E-state index contributed by atoms with van der Waals surface area (Å²) in [6.45, 7) is 5.18. The van der Waals surface area contributed by atoms with Gasteiger partial charge in [-0.2, -0.15) is 0 Å². The number of aliphatic hydroxyl groups excluding tert-OH is 1. The maximum absolute atomic E-state index is 11.2. The number of alkyl halides is 1. The first-order valence-corrected chi connectivity index (χ1v) is 5.25. The van der Waals surface area contributed by atoms with Crippen molar-refractivity contribution in [3.63, 3.8) is 0 Å². The molecule has 15 heavy (non-hydrogen) atoms. The van der Waals surface area contributed by atoms with Crippen LogP contribution >= 0.6 is 11.6 Å². The molecule has 0 heterocycles. The van der Waals surface area contributed by atoms with Gasteiger partial charge in [0.05, 0.1) is 6.10 Å². The van der Waals surface area contributed by atoms with Gasteiger partial charge in [-0.05, 0) is 20.8 Å². The molecule has 4 nitrogen and oxygen atoms in total. The van der Waals surface area contributed by atoms with Crippen LogP contribution in [0, 0.1) is 0 Å². The second-order valence-electron chi connectivity index (χ2n) is 4.31. The minimum atomic E-state index is -0.887. The van der Waals surface area contributed by atoms with Gasteiger partial charge in [-0.15, -0.1) is 11.6 Å². The van der Waals surface area contributed by atoms with Crippen LogP contribution in [-0.4, -0.2) is 34.4 Å². The first-order valence-electron chi connectivity index (χ1n) is 4.72. The molecule has 0 spiro atoms. The zero-order chi connectivity index (χ0) is 12.1. The van der Waals surface area contributed by atoms with Gasteiger partial charge in [-0.25, -0.2) is 0 Å². The van der Waals surface area contributed by atoms with Crippen molar-refractivity contribution in [3.05, 3.63) is 0 Å². The van der Waals surface area contributed by atoms with E-state index in [4.69, 9.17) is 21.4 Å². The zero-order valence-corrected chi connectivity index (χ0v) is 10.0. The van der Waals surface area contributed by atoms with Gasteiger partial charge in [0, 0.05) is 12.3 Å². The van der Waals surface area contributed by atoms with E-state index in [1.807, 2.05) is 0 Å². The van der Waals surface area contributed by atoms with E-state index in [9.17, 15) is 9.59 Å². The molecular weight excluding hydrogens is 220 g/mol. The van der Waals surface area contributed by atoms with Crippen molar-refractivity contribution in [1.29, 1.82) is 0 Å². The second-order valence-corrected chi connectivity index (χ2v) is 4.62. The highest BCUT2D eigenvalue weighted by Gasteiger charge is 2.20. The van der Waals surface area contributed by atoms with E-state index < -0.39 is 17.7 Å². The summed E-state index contributed by atoms with van der Waals surface area (Å²) in [7, 11) is 0. The normalized spacial score (nSPS) is 13.4. The molecule has 0 rings (SSSR count). The molecule has 5 heteroatoms. The van der Waals surface area contributed by atoms with Crippen molar-refractivity contribution in [2.75, 3.05) is 5.88 Å². The molecule has 0 aromatic carbocycles. The highest BCUT2D eigenvalue weighted by molar-refractivity contribution is 6.18. The number of Topliss-reactive ketones (excluding diaryl/α,β-unsaturated/α-hetero) is 1. The number of ether oxygens (including phenoxy) is 1. The third-order valence-corrected chi connectivity index (χ3v) is 1.76. The van der Waals surface area contributed by atoms with Gasteiger partial charge in [-0.1, -0.05) is 0 Å². The van der Waals surface area contributed by atoms with Crippen LogP contribution in [0.5, 0.6) is 0 Å². The monoisotopic (exact) mass is 236 g/mol. The summed E-state index contributed by atoms with van der Waals surface area (Å²) in [6.07, 6.45) is -1.31. The van der Waals surface area contributed by atoms with Crippen molar-refractivity contribution < 1.29 is 19.4 Å². The van der Waals surface area contributed by atoms with Crippen molar-refractivity contribution in [2.24, 2.45) is 0 Å². The van der Waals surface area contributed by atoms with Gasteiger partial charge < -0.3 is 9.84 Å². The smallest absolute Gasteiger partial charge is 0.313 e. The molecule has 0 amide bonds. The number of hydrogen-bond donors (Lipinski definition) is 1. The van der Waals surface area contributed by atoms with Crippen molar-refractivity contribution in [1.82, 2.24) is 0 Å². The number of ketones is 1. The summed E-state index contributed by atoms with van der Waals surface area (Å²) in [6, 6.07) is 0. The quantitative estimate of drug-likeness (QED) is 0.444. The number of esters is 1. The Kier molecular flexibility index (Phi) is 5.83. The van der Waals surface area contributed by atoms with Gasteiger partial charge in [0.25, 0.3) is 0 Å². The maximum Gasteiger partial charge on any atom is 0.313 e. The van der Waals surface area contributed by atoms with Crippen molar-refractivity contribution in [2.45, 2.75) is 45.3 Å². The number of carbonyl (C=O) groups excluding carboxylic acids is 2. The lowest BCUT2D eigenvalue weighted by Gasteiger charge is -2.19. The molecule has 0 fully saturated rings. The number of halogens is 1. The summed E-state index contributed by atoms with van der Waals surface area (Å²) in [5, 5.41) is 9.07. The van der Waals surface area contributed by atoms with Gasteiger partial charge in [0.1, 0.15) is 17.8 Å². The number of hydrogen-bond acceptors (Lipinski definition) is 4. The topological polar surface area (TPSA) is 63.6 Å². The van der Waals surface area contributed by atoms with Gasteiger partial charge in [0.15, 0.2) is 0 Å². The van der Waals surface area contributed by atoms with Crippen LogP contribution in [0.25, 0.3) is 0 Å². The van der Waals surface area contributed by atoms with E-state index in [2.05, 4.69) is 0 Å². The van der Waals surface area contributed by atoms with Crippen molar-refractivity contribution >= 4 is 23.4 Å².